The van der Waals surface area contributed by atoms with E-state index < -0.39 is 5.97 Å². The van der Waals surface area contributed by atoms with Crippen LogP contribution in [0.15, 0.2) is 0 Å². The number of carboxylic acid groups (broad SMARTS) is 1. The van der Waals surface area contributed by atoms with Crippen LogP contribution in [0.3, 0.4) is 0 Å². The highest BCUT2D eigenvalue weighted by atomic mass is 16.5. The van der Waals surface area contributed by atoms with Crippen LogP contribution in [0.4, 0.5) is 0 Å². The molecule has 1 aliphatic carbocycles. The third kappa shape index (κ3) is 4.52. The molecule has 3 nitrogen and oxygen atoms in total. The van der Waals surface area contributed by atoms with Gasteiger partial charge in [0.25, 0.3) is 0 Å². The highest BCUT2D eigenvalue weighted by Crippen LogP contribution is 2.28. The van der Waals surface area contributed by atoms with Crippen molar-refractivity contribution < 1.29 is 14.6 Å². The molecular formula is C13H24O3. The zero-order chi connectivity index (χ0) is 11.8. The molecule has 2 unspecified atom stereocenters. The Hall–Kier alpha value is -0.570. The molecule has 1 fully saturated rings. The van der Waals surface area contributed by atoms with E-state index in [1.54, 1.807) is 0 Å². The van der Waals surface area contributed by atoms with Gasteiger partial charge in [-0.1, -0.05) is 32.6 Å². The average molecular weight is 228 g/mol. The van der Waals surface area contributed by atoms with Crippen LogP contribution in [0.25, 0.3) is 0 Å². The molecule has 1 rings (SSSR count). The fraction of sp³-hybridized carbons (Fsp3) is 0.923. The third-order valence-corrected chi connectivity index (χ3v) is 3.35. The number of carboxylic acids is 1. The van der Waals surface area contributed by atoms with Crippen molar-refractivity contribution >= 4 is 5.97 Å². The number of unbranched alkanes of at least 4 members (excludes halogenated alkanes) is 4. The van der Waals surface area contributed by atoms with Crippen LogP contribution in [0.5, 0.6) is 0 Å². The van der Waals surface area contributed by atoms with E-state index in [2.05, 4.69) is 6.92 Å². The lowest BCUT2D eigenvalue weighted by molar-refractivity contribution is -0.146. The first kappa shape index (κ1) is 13.5. The second-order valence-electron chi connectivity index (χ2n) is 4.70. The van der Waals surface area contributed by atoms with Crippen molar-refractivity contribution in [3.05, 3.63) is 0 Å². The van der Waals surface area contributed by atoms with Gasteiger partial charge in [-0.25, -0.2) is 0 Å². The van der Waals surface area contributed by atoms with E-state index in [1.165, 1.54) is 25.7 Å². The van der Waals surface area contributed by atoms with Crippen molar-refractivity contribution in [1.29, 1.82) is 0 Å². The van der Waals surface area contributed by atoms with Crippen LogP contribution in [-0.4, -0.2) is 23.8 Å². The molecule has 2 atom stereocenters. The predicted octanol–water partition coefficient (Wildman–Crippen LogP) is 3.23. The van der Waals surface area contributed by atoms with Gasteiger partial charge < -0.3 is 9.84 Å². The van der Waals surface area contributed by atoms with Gasteiger partial charge in [0.1, 0.15) is 0 Å². The molecule has 1 saturated carbocycles. The molecule has 0 amide bonds. The van der Waals surface area contributed by atoms with Crippen LogP contribution in [-0.2, 0) is 9.53 Å². The van der Waals surface area contributed by atoms with E-state index >= 15 is 0 Å². The molecule has 0 bridgehead atoms. The molecule has 0 aromatic rings. The van der Waals surface area contributed by atoms with Crippen LogP contribution >= 0.6 is 0 Å². The summed E-state index contributed by atoms with van der Waals surface area (Å²) >= 11 is 0. The fourth-order valence-corrected chi connectivity index (χ4v) is 2.35. The Kier molecular flexibility index (Phi) is 6.46. The van der Waals surface area contributed by atoms with Gasteiger partial charge in [-0.15, -0.1) is 0 Å². The van der Waals surface area contributed by atoms with Gasteiger partial charge in [0.2, 0.25) is 0 Å². The standard InChI is InChI=1S/C13H24O3/c1-2-3-4-5-6-10-16-12-9-7-8-11(12)13(14)15/h11-12H,2-10H2,1H3,(H,14,15). The van der Waals surface area contributed by atoms with Crippen molar-refractivity contribution in [2.75, 3.05) is 6.61 Å². The molecular weight excluding hydrogens is 204 g/mol. The summed E-state index contributed by atoms with van der Waals surface area (Å²) in [6.07, 6.45) is 8.78. The van der Waals surface area contributed by atoms with E-state index in [0.29, 0.717) is 0 Å². The molecule has 0 aliphatic heterocycles. The van der Waals surface area contributed by atoms with Crippen molar-refractivity contribution in [2.45, 2.75) is 64.4 Å². The van der Waals surface area contributed by atoms with E-state index in [4.69, 9.17) is 9.84 Å². The Morgan fingerprint density at radius 3 is 2.69 bits per heavy atom. The molecule has 0 aromatic carbocycles. The van der Waals surface area contributed by atoms with Crippen molar-refractivity contribution in [2.24, 2.45) is 5.92 Å². The van der Waals surface area contributed by atoms with Crippen LogP contribution in [0.2, 0.25) is 0 Å². The molecule has 0 aromatic heterocycles. The summed E-state index contributed by atoms with van der Waals surface area (Å²) in [5.41, 5.74) is 0. The highest BCUT2D eigenvalue weighted by molar-refractivity contribution is 5.71. The first-order chi connectivity index (χ1) is 7.75. The fourth-order valence-electron chi connectivity index (χ4n) is 2.35. The van der Waals surface area contributed by atoms with Gasteiger partial charge in [0.15, 0.2) is 0 Å². The number of ether oxygens (including phenoxy) is 1. The number of rotatable bonds is 8. The van der Waals surface area contributed by atoms with Gasteiger partial charge in [0, 0.05) is 6.61 Å². The lowest BCUT2D eigenvalue weighted by Gasteiger charge is -2.16. The summed E-state index contributed by atoms with van der Waals surface area (Å²) in [7, 11) is 0. The minimum Gasteiger partial charge on any atom is -0.481 e. The lowest BCUT2D eigenvalue weighted by Crippen LogP contribution is -2.25. The third-order valence-electron chi connectivity index (χ3n) is 3.35. The molecule has 1 aliphatic rings. The molecule has 16 heavy (non-hydrogen) atoms. The largest absolute Gasteiger partial charge is 0.481 e. The van der Waals surface area contributed by atoms with Crippen molar-refractivity contribution in [3.8, 4) is 0 Å². The molecule has 0 radical (unpaired) electrons. The molecule has 0 spiro atoms. The monoisotopic (exact) mass is 228 g/mol. The molecule has 94 valence electrons. The average Bonchev–Trinajstić information content (AvgIpc) is 2.71. The second kappa shape index (κ2) is 7.66. The molecule has 1 N–H and O–H groups in total. The van der Waals surface area contributed by atoms with Gasteiger partial charge in [-0.05, 0) is 25.7 Å². The SMILES string of the molecule is CCCCCCCOC1CCCC1C(=O)O. The maximum Gasteiger partial charge on any atom is 0.309 e. The van der Waals surface area contributed by atoms with Gasteiger partial charge >= 0.3 is 5.97 Å². The predicted molar refractivity (Wildman–Crippen MR) is 63.5 cm³/mol. The molecule has 3 heteroatoms. The normalized spacial score (nSPS) is 24.8. The Bertz CT molecular complexity index is 203. The Balaban J connectivity index is 2.05. The van der Waals surface area contributed by atoms with Crippen molar-refractivity contribution in [1.82, 2.24) is 0 Å². The second-order valence-corrected chi connectivity index (χ2v) is 4.70. The van der Waals surface area contributed by atoms with Gasteiger partial charge in [0.05, 0.1) is 12.0 Å². The van der Waals surface area contributed by atoms with Crippen LogP contribution < -0.4 is 0 Å². The molecule has 0 heterocycles. The Morgan fingerprint density at radius 1 is 1.25 bits per heavy atom. The summed E-state index contributed by atoms with van der Waals surface area (Å²) in [5, 5.41) is 8.98. The van der Waals surface area contributed by atoms with Crippen molar-refractivity contribution in [3.63, 3.8) is 0 Å². The van der Waals surface area contributed by atoms with Crippen LogP contribution in [0, 0.1) is 5.92 Å². The minimum absolute atomic E-state index is 0.0244. The van der Waals surface area contributed by atoms with E-state index in [-0.39, 0.29) is 12.0 Å². The first-order valence-electron chi connectivity index (χ1n) is 6.60. The summed E-state index contributed by atoms with van der Waals surface area (Å²) < 4.78 is 5.68. The van der Waals surface area contributed by atoms with Gasteiger partial charge in [-0.2, -0.15) is 0 Å². The topological polar surface area (TPSA) is 46.5 Å². The Morgan fingerprint density at radius 2 is 2.00 bits per heavy atom. The summed E-state index contributed by atoms with van der Waals surface area (Å²) in [6, 6.07) is 0. The zero-order valence-electron chi connectivity index (χ0n) is 10.3. The Labute approximate surface area is 98.2 Å². The number of aliphatic carboxylic acids is 1. The smallest absolute Gasteiger partial charge is 0.309 e. The first-order valence-corrected chi connectivity index (χ1v) is 6.60. The zero-order valence-corrected chi connectivity index (χ0v) is 10.3. The summed E-state index contributed by atoms with van der Waals surface area (Å²) in [4.78, 5) is 10.9. The van der Waals surface area contributed by atoms with E-state index in [1.807, 2.05) is 0 Å². The molecule has 0 saturated heterocycles. The highest BCUT2D eigenvalue weighted by Gasteiger charge is 2.33. The van der Waals surface area contributed by atoms with Gasteiger partial charge in [-0.3, -0.25) is 4.79 Å². The van der Waals surface area contributed by atoms with E-state index in [9.17, 15) is 4.79 Å². The van der Waals surface area contributed by atoms with E-state index in [0.717, 1.165) is 32.3 Å². The maximum atomic E-state index is 10.9. The number of hydrogen-bond acceptors (Lipinski definition) is 2. The quantitative estimate of drug-likeness (QED) is 0.649. The summed E-state index contributed by atoms with van der Waals surface area (Å²) in [5.74, 6) is -0.941. The van der Waals surface area contributed by atoms with Crippen LogP contribution in [0.1, 0.15) is 58.3 Å². The lowest BCUT2D eigenvalue weighted by atomic mass is 10.1. The number of hydrogen-bond donors (Lipinski definition) is 1. The summed E-state index contributed by atoms with van der Waals surface area (Å²) in [6.45, 7) is 2.94. The minimum atomic E-state index is -0.687. The maximum absolute atomic E-state index is 10.9. The number of carbonyl (C=O) groups is 1.